The summed E-state index contributed by atoms with van der Waals surface area (Å²) in [5.74, 6) is 0.160. The van der Waals surface area contributed by atoms with Crippen LogP contribution in [0.25, 0.3) is 0 Å². The molecule has 0 amide bonds. The van der Waals surface area contributed by atoms with Crippen molar-refractivity contribution in [3.8, 4) is 0 Å². The van der Waals surface area contributed by atoms with Crippen LogP contribution in [0.5, 0.6) is 0 Å². The molecule has 0 unspecified atom stereocenters. The van der Waals surface area contributed by atoms with E-state index in [9.17, 15) is 0 Å². The molecule has 0 saturated heterocycles. The molecular formula is C4H9N. The predicted octanol–water partition coefficient (Wildman–Crippen LogP) is 0.355. The minimum Gasteiger partial charge on any atom is -0.330 e. The van der Waals surface area contributed by atoms with Crippen molar-refractivity contribution in [2.75, 3.05) is 6.50 Å². The van der Waals surface area contributed by atoms with Crippen LogP contribution in [0.15, 0.2) is 0 Å². The number of nitrogens with two attached hydrogens (primary N) is 1. The fraction of sp³-hybridized carbons (Fsp3) is 1.00. The molecule has 1 aliphatic rings. The van der Waals surface area contributed by atoms with Crippen LogP contribution in [0.4, 0.5) is 0 Å². The molecule has 0 radical (unpaired) electrons. The summed E-state index contributed by atoms with van der Waals surface area (Å²) in [5.41, 5.74) is 5.07. The summed E-state index contributed by atoms with van der Waals surface area (Å²) in [4.78, 5) is 0. The lowest BCUT2D eigenvalue weighted by Crippen LogP contribution is -1.98. The third-order valence-corrected chi connectivity index (χ3v) is 0.813. The maximum atomic E-state index is 6.89. The van der Waals surface area contributed by atoms with Gasteiger partial charge in [0.1, 0.15) is 0 Å². The molecule has 0 atom stereocenters. The highest BCUT2D eigenvalue weighted by Gasteiger charge is 2.17. The first-order valence-electron chi connectivity index (χ1n) is 2.89. The molecule has 0 aromatic carbocycles. The molecular weight excluding hydrogens is 62.1 g/mol. The Kier molecular flexibility index (Phi) is 0.314. The summed E-state index contributed by atoms with van der Waals surface area (Å²) in [6.45, 7) is -1.39. The maximum absolute atomic E-state index is 6.89. The number of rotatable bonds is 1. The second kappa shape index (κ2) is 0.977. The van der Waals surface area contributed by atoms with Gasteiger partial charge in [0.25, 0.3) is 0 Å². The van der Waals surface area contributed by atoms with E-state index >= 15 is 0 Å². The van der Waals surface area contributed by atoms with E-state index in [1.807, 2.05) is 0 Å². The zero-order valence-corrected chi connectivity index (χ0v) is 3.07. The summed E-state index contributed by atoms with van der Waals surface area (Å²) in [5, 5.41) is 0. The molecule has 1 fully saturated rings. The SMILES string of the molecule is [2H]C([2H])(N)C1CC1. The van der Waals surface area contributed by atoms with Crippen molar-refractivity contribution < 1.29 is 2.74 Å². The fourth-order valence-electron chi connectivity index (χ4n) is 0.250. The Bertz CT molecular complexity index is 72.2. The first-order valence-corrected chi connectivity index (χ1v) is 1.89. The van der Waals surface area contributed by atoms with Crippen LogP contribution >= 0.6 is 0 Å². The van der Waals surface area contributed by atoms with Crippen molar-refractivity contribution in [3.63, 3.8) is 0 Å². The Morgan fingerprint density at radius 2 is 2.60 bits per heavy atom. The lowest BCUT2D eigenvalue weighted by Gasteiger charge is -1.74. The van der Waals surface area contributed by atoms with Crippen molar-refractivity contribution in [2.24, 2.45) is 11.7 Å². The van der Waals surface area contributed by atoms with Gasteiger partial charge in [-0.2, -0.15) is 0 Å². The van der Waals surface area contributed by atoms with E-state index in [1.165, 1.54) is 0 Å². The lowest BCUT2D eigenvalue weighted by atomic mass is 10.5. The summed E-state index contributed by atoms with van der Waals surface area (Å²) in [7, 11) is 0. The van der Waals surface area contributed by atoms with Crippen molar-refractivity contribution in [3.05, 3.63) is 0 Å². The molecule has 0 bridgehead atoms. The molecule has 2 N–H and O–H groups in total. The fourth-order valence-corrected chi connectivity index (χ4v) is 0.250. The minimum absolute atomic E-state index is 0.160. The quantitative estimate of drug-likeness (QED) is 0.476. The normalized spacial score (nSPS) is 32.2. The summed E-state index contributed by atoms with van der Waals surface area (Å²) in [6, 6.07) is 0. The molecule has 1 heteroatoms. The second-order valence-electron chi connectivity index (χ2n) is 1.44. The average molecular weight is 73.1 g/mol. The van der Waals surface area contributed by atoms with Gasteiger partial charge in [-0.15, -0.1) is 0 Å². The van der Waals surface area contributed by atoms with Crippen LogP contribution in [0.3, 0.4) is 0 Å². The number of hydrogen-bond donors (Lipinski definition) is 1. The van der Waals surface area contributed by atoms with Crippen LogP contribution in [-0.2, 0) is 0 Å². The van der Waals surface area contributed by atoms with Crippen LogP contribution in [0.1, 0.15) is 15.6 Å². The highest BCUT2D eigenvalue weighted by atomic mass is 14.6. The van der Waals surface area contributed by atoms with Crippen molar-refractivity contribution in [2.45, 2.75) is 12.8 Å². The zero-order valence-electron chi connectivity index (χ0n) is 5.07. The lowest BCUT2D eigenvalue weighted by molar-refractivity contribution is 0.847. The molecule has 0 heterocycles. The van der Waals surface area contributed by atoms with Crippen molar-refractivity contribution >= 4 is 0 Å². The summed E-state index contributed by atoms with van der Waals surface area (Å²) < 4.78 is 13.8. The first-order chi connectivity index (χ1) is 3.11. The maximum Gasteiger partial charge on any atom is 0.0428 e. The van der Waals surface area contributed by atoms with Gasteiger partial charge in [0, 0.05) is 2.74 Å². The smallest absolute Gasteiger partial charge is 0.0428 e. The van der Waals surface area contributed by atoms with Crippen LogP contribution in [0, 0.1) is 5.92 Å². The van der Waals surface area contributed by atoms with Gasteiger partial charge in [0.15, 0.2) is 0 Å². The van der Waals surface area contributed by atoms with Crippen LogP contribution < -0.4 is 5.73 Å². The van der Waals surface area contributed by atoms with Gasteiger partial charge >= 0.3 is 0 Å². The average Bonchev–Trinajstić information content (AvgIpc) is 1.99. The Labute approximate surface area is 35.0 Å². The Morgan fingerprint density at radius 3 is 2.60 bits per heavy atom. The van der Waals surface area contributed by atoms with E-state index in [-0.39, 0.29) is 5.92 Å². The standard InChI is InChI=1S/C4H9N/c5-3-4-1-2-4/h4H,1-3,5H2/i3D2. The van der Waals surface area contributed by atoms with Gasteiger partial charge in [-0.25, -0.2) is 0 Å². The van der Waals surface area contributed by atoms with E-state index < -0.39 is 6.50 Å². The van der Waals surface area contributed by atoms with E-state index in [1.54, 1.807) is 0 Å². The minimum atomic E-state index is -1.39. The topological polar surface area (TPSA) is 26.0 Å². The highest BCUT2D eigenvalue weighted by molar-refractivity contribution is 4.72. The second-order valence-corrected chi connectivity index (χ2v) is 1.44. The molecule has 0 aliphatic heterocycles. The molecule has 1 saturated carbocycles. The van der Waals surface area contributed by atoms with Crippen LogP contribution in [-0.4, -0.2) is 6.50 Å². The highest BCUT2D eigenvalue weighted by Crippen LogP contribution is 2.26. The summed E-state index contributed by atoms with van der Waals surface area (Å²) >= 11 is 0. The van der Waals surface area contributed by atoms with E-state index in [0.717, 1.165) is 12.8 Å². The third-order valence-electron chi connectivity index (χ3n) is 0.813. The molecule has 30 valence electrons. The molecule has 1 rings (SSSR count). The van der Waals surface area contributed by atoms with Crippen LogP contribution in [0.2, 0.25) is 0 Å². The van der Waals surface area contributed by atoms with Crippen molar-refractivity contribution in [1.29, 1.82) is 0 Å². The van der Waals surface area contributed by atoms with E-state index in [2.05, 4.69) is 0 Å². The first kappa shape index (κ1) is 1.61. The van der Waals surface area contributed by atoms with E-state index in [4.69, 9.17) is 8.48 Å². The largest absolute Gasteiger partial charge is 0.330 e. The van der Waals surface area contributed by atoms with Gasteiger partial charge in [-0.1, -0.05) is 0 Å². The molecule has 1 aliphatic carbocycles. The van der Waals surface area contributed by atoms with Gasteiger partial charge in [0.2, 0.25) is 0 Å². The third kappa shape index (κ3) is 0.618. The Hall–Kier alpha value is -0.0400. The van der Waals surface area contributed by atoms with Crippen molar-refractivity contribution in [1.82, 2.24) is 0 Å². The van der Waals surface area contributed by atoms with E-state index in [0.29, 0.717) is 0 Å². The zero-order chi connectivity index (χ0) is 5.49. The molecule has 0 spiro atoms. The molecule has 0 aromatic rings. The molecule has 0 aromatic heterocycles. The predicted molar refractivity (Wildman–Crippen MR) is 21.8 cm³/mol. The Balaban J connectivity index is 2.36. The van der Waals surface area contributed by atoms with Gasteiger partial charge in [-0.05, 0) is 25.3 Å². The van der Waals surface area contributed by atoms with Gasteiger partial charge in [0.05, 0.1) is 0 Å². The molecule has 1 nitrogen and oxygen atoms in total. The van der Waals surface area contributed by atoms with Gasteiger partial charge in [-0.3, -0.25) is 0 Å². The number of hydrogen-bond acceptors (Lipinski definition) is 1. The van der Waals surface area contributed by atoms with Gasteiger partial charge < -0.3 is 5.73 Å². The Morgan fingerprint density at radius 1 is 2.00 bits per heavy atom. The monoisotopic (exact) mass is 73.1 g/mol. The molecule has 5 heavy (non-hydrogen) atoms. The summed E-state index contributed by atoms with van der Waals surface area (Å²) in [6.07, 6.45) is 1.95.